The standard InChI is InChI=1S/C6H4IN3/c7-4-3-10-6-5(4)8-1-2-9-6/h1-3H,(H,9,10). The number of nitrogens with zero attached hydrogens (tertiary/aromatic N) is 2. The van der Waals surface area contributed by atoms with E-state index >= 15 is 0 Å². The van der Waals surface area contributed by atoms with Crippen molar-refractivity contribution in [3.8, 4) is 0 Å². The van der Waals surface area contributed by atoms with Crippen LogP contribution in [0.3, 0.4) is 0 Å². The van der Waals surface area contributed by atoms with E-state index in [-0.39, 0.29) is 0 Å². The Kier molecular flexibility index (Phi) is 1.33. The molecule has 0 aliphatic heterocycles. The Hall–Kier alpha value is -0.650. The molecule has 0 unspecified atom stereocenters. The fraction of sp³-hybridized carbons (Fsp3) is 0. The molecule has 0 radical (unpaired) electrons. The zero-order valence-corrected chi connectivity index (χ0v) is 7.16. The van der Waals surface area contributed by atoms with Crippen molar-refractivity contribution in [3.63, 3.8) is 0 Å². The second kappa shape index (κ2) is 2.19. The lowest BCUT2D eigenvalue weighted by molar-refractivity contribution is 1.26. The molecule has 0 amide bonds. The van der Waals surface area contributed by atoms with Crippen LogP contribution in [0.5, 0.6) is 0 Å². The fourth-order valence-corrected chi connectivity index (χ4v) is 1.37. The molecule has 2 heterocycles. The molecular formula is C6H4IN3. The van der Waals surface area contributed by atoms with E-state index in [9.17, 15) is 0 Å². The third kappa shape index (κ3) is 0.792. The normalized spacial score (nSPS) is 10.5. The van der Waals surface area contributed by atoms with E-state index in [1.807, 2.05) is 6.20 Å². The number of hydrogen-bond acceptors (Lipinski definition) is 2. The summed E-state index contributed by atoms with van der Waals surface area (Å²) in [4.78, 5) is 11.2. The summed E-state index contributed by atoms with van der Waals surface area (Å²) in [5.41, 5.74) is 1.80. The van der Waals surface area contributed by atoms with Crippen molar-refractivity contribution in [1.82, 2.24) is 15.0 Å². The highest BCUT2D eigenvalue weighted by Crippen LogP contribution is 2.13. The Morgan fingerprint density at radius 1 is 1.30 bits per heavy atom. The monoisotopic (exact) mass is 245 g/mol. The van der Waals surface area contributed by atoms with Gasteiger partial charge in [-0.3, -0.25) is 4.98 Å². The second-order valence-corrected chi connectivity index (χ2v) is 3.05. The summed E-state index contributed by atoms with van der Waals surface area (Å²) in [5.74, 6) is 0. The van der Waals surface area contributed by atoms with Crippen LogP contribution in [0, 0.1) is 3.57 Å². The van der Waals surface area contributed by atoms with Gasteiger partial charge in [0.1, 0.15) is 5.52 Å². The Morgan fingerprint density at radius 3 is 2.90 bits per heavy atom. The van der Waals surface area contributed by atoms with Gasteiger partial charge in [0.05, 0.1) is 3.57 Å². The van der Waals surface area contributed by atoms with E-state index in [1.54, 1.807) is 12.4 Å². The van der Waals surface area contributed by atoms with Crippen LogP contribution in [0.15, 0.2) is 18.6 Å². The molecule has 2 aromatic heterocycles. The van der Waals surface area contributed by atoms with E-state index in [1.165, 1.54) is 0 Å². The van der Waals surface area contributed by atoms with Crippen molar-refractivity contribution in [2.24, 2.45) is 0 Å². The van der Waals surface area contributed by atoms with Gasteiger partial charge in [-0.05, 0) is 22.6 Å². The number of H-pyrrole nitrogens is 1. The molecule has 1 N–H and O–H groups in total. The summed E-state index contributed by atoms with van der Waals surface area (Å²) in [6.07, 6.45) is 5.26. The van der Waals surface area contributed by atoms with Gasteiger partial charge in [0.15, 0.2) is 5.65 Å². The molecule has 3 nitrogen and oxygen atoms in total. The molecule has 0 atom stereocenters. The first-order valence-electron chi connectivity index (χ1n) is 2.81. The van der Waals surface area contributed by atoms with E-state index in [4.69, 9.17) is 0 Å². The summed E-state index contributed by atoms with van der Waals surface area (Å²) >= 11 is 2.22. The van der Waals surface area contributed by atoms with Gasteiger partial charge in [0, 0.05) is 18.6 Å². The van der Waals surface area contributed by atoms with Gasteiger partial charge < -0.3 is 4.98 Å². The first kappa shape index (κ1) is 6.09. The van der Waals surface area contributed by atoms with Gasteiger partial charge in [0.2, 0.25) is 0 Å². The van der Waals surface area contributed by atoms with Gasteiger partial charge in [-0.1, -0.05) is 0 Å². The maximum Gasteiger partial charge on any atom is 0.157 e. The Balaban J connectivity index is 2.93. The number of hydrogen-bond donors (Lipinski definition) is 1. The second-order valence-electron chi connectivity index (χ2n) is 1.89. The number of halogens is 1. The minimum Gasteiger partial charge on any atom is -0.344 e. The zero-order chi connectivity index (χ0) is 6.97. The smallest absolute Gasteiger partial charge is 0.157 e. The summed E-state index contributed by atoms with van der Waals surface area (Å²) in [6, 6.07) is 0. The topological polar surface area (TPSA) is 41.6 Å². The molecular weight excluding hydrogens is 241 g/mol. The fourth-order valence-electron chi connectivity index (χ4n) is 0.819. The van der Waals surface area contributed by atoms with E-state index < -0.39 is 0 Å². The van der Waals surface area contributed by atoms with Crippen LogP contribution in [0.4, 0.5) is 0 Å². The Bertz CT molecular complexity index is 355. The summed E-state index contributed by atoms with van der Waals surface area (Å²) in [7, 11) is 0. The third-order valence-electron chi connectivity index (χ3n) is 1.26. The van der Waals surface area contributed by atoms with Crippen LogP contribution in [0.25, 0.3) is 11.2 Å². The number of aromatic nitrogens is 3. The van der Waals surface area contributed by atoms with Crippen LogP contribution < -0.4 is 0 Å². The van der Waals surface area contributed by atoms with E-state index in [0.717, 1.165) is 14.7 Å². The minimum absolute atomic E-state index is 0.854. The lowest BCUT2D eigenvalue weighted by atomic mass is 10.5. The quantitative estimate of drug-likeness (QED) is 0.715. The minimum atomic E-state index is 0.854. The van der Waals surface area contributed by atoms with Crippen molar-refractivity contribution < 1.29 is 0 Å². The van der Waals surface area contributed by atoms with Gasteiger partial charge in [-0.2, -0.15) is 0 Å². The number of fused-ring (bicyclic) bond motifs is 1. The predicted molar refractivity (Wildman–Crippen MR) is 46.6 cm³/mol. The first-order valence-corrected chi connectivity index (χ1v) is 3.89. The molecule has 0 saturated heterocycles. The highest BCUT2D eigenvalue weighted by Gasteiger charge is 1.99. The first-order chi connectivity index (χ1) is 4.88. The SMILES string of the molecule is Ic1c[nH]c2nccnc12. The van der Waals surface area contributed by atoms with Crippen molar-refractivity contribution in [2.75, 3.05) is 0 Å². The highest BCUT2D eigenvalue weighted by atomic mass is 127. The maximum absolute atomic E-state index is 4.14. The molecule has 4 heteroatoms. The predicted octanol–water partition coefficient (Wildman–Crippen LogP) is 1.56. The molecule has 0 bridgehead atoms. The number of nitrogens with one attached hydrogen (secondary N) is 1. The summed E-state index contributed by atoms with van der Waals surface area (Å²) in [6.45, 7) is 0. The number of aromatic amines is 1. The lowest BCUT2D eigenvalue weighted by Crippen LogP contribution is -1.77. The van der Waals surface area contributed by atoms with E-state index in [0.29, 0.717) is 0 Å². The number of rotatable bonds is 0. The maximum atomic E-state index is 4.14. The van der Waals surface area contributed by atoms with Gasteiger partial charge >= 0.3 is 0 Å². The summed E-state index contributed by atoms with van der Waals surface area (Å²) < 4.78 is 1.11. The molecule has 0 aliphatic rings. The van der Waals surface area contributed by atoms with Crippen molar-refractivity contribution in [1.29, 1.82) is 0 Å². The molecule has 0 fully saturated rings. The van der Waals surface area contributed by atoms with Crippen molar-refractivity contribution >= 4 is 33.8 Å². The molecule has 0 spiro atoms. The molecule has 50 valence electrons. The Morgan fingerprint density at radius 2 is 2.10 bits per heavy atom. The highest BCUT2D eigenvalue weighted by molar-refractivity contribution is 14.1. The zero-order valence-electron chi connectivity index (χ0n) is 5.00. The van der Waals surface area contributed by atoms with Crippen molar-refractivity contribution in [2.45, 2.75) is 0 Å². The molecule has 0 aromatic carbocycles. The van der Waals surface area contributed by atoms with E-state index in [2.05, 4.69) is 37.5 Å². The van der Waals surface area contributed by atoms with Gasteiger partial charge in [-0.25, -0.2) is 4.98 Å². The molecule has 2 aromatic rings. The lowest BCUT2D eigenvalue weighted by Gasteiger charge is -1.84. The van der Waals surface area contributed by atoms with Gasteiger partial charge in [0.25, 0.3) is 0 Å². The van der Waals surface area contributed by atoms with Crippen LogP contribution in [0.1, 0.15) is 0 Å². The van der Waals surface area contributed by atoms with Crippen LogP contribution in [0.2, 0.25) is 0 Å². The molecule has 2 rings (SSSR count). The Labute approximate surface area is 71.0 Å². The third-order valence-corrected chi connectivity index (χ3v) is 2.08. The van der Waals surface area contributed by atoms with Crippen molar-refractivity contribution in [3.05, 3.63) is 22.2 Å². The molecule has 0 saturated carbocycles. The van der Waals surface area contributed by atoms with Crippen LogP contribution >= 0.6 is 22.6 Å². The van der Waals surface area contributed by atoms with Crippen LogP contribution in [-0.4, -0.2) is 15.0 Å². The average Bonchev–Trinajstić information content (AvgIpc) is 2.34. The van der Waals surface area contributed by atoms with Gasteiger partial charge in [-0.15, -0.1) is 0 Å². The summed E-state index contributed by atoms with van der Waals surface area (Å²) in [5, 5.41) is 0. The average molecular weight is 245 g/mol. The molecule has 10 heavy (non-hydrogen) atoms. The van der Waals surface area contributed by atoms with Crippen LogP contribution in [-0.2, 0) is 0 Å². The largest absolute Gasteiger partial charge is 0.344 e. The molecule has 0 aliphatic carbocycles.